The molecule has 0 atom stereocenters. The van der Waals surface area contributed by atoms with E-state index >= 15 is 0 Å². The van der Waals surface area contributed by atoms with Crippen LogP contribution in [0, 0.1) is 45.3 Å². The van der Waals surface area contributed by atoms with E-state index < -0.39 is 23.1 Å². The molecule has 0 saturated heterocycles. The van der Waals surface area contributed by atoms with E-state index in [9.17, 15) is 40.2 Å². The third kappa shape index (κ3) is 4.64. The Hall–Kier alpha value is -6.34. The Labute approximate surface area is 349 Å². The monoisotopic (exact) mass is 820 g/mol. The van der Waals surface area contributed by atoms with E-state index in [-0.39, 0.29) is 66.5 Å². The van der Waals surface area contributed by atoms with Crippen molar-refractivity contribution in [2.45, 2.75) is 75.0 Å². The van der Waals surface area contributed by atoms with Crippen LogP contribution in [0.4, 0.5) is 0 Å². The number of carbonyl (C=O) groups is 4. The highest BCUT2D eigenvalue weighted by Gasteiger charge is 2.49. The Balaban J connectivity index is 1.02. The first-order chi connectivity index (χ1) is 28.7. The van der Waals surface area contributed by atoms with Gasteiger partial charge in [0.1, 0.15) is 24.3 Å². The Morgan fingerprint density at radius 3 is 1.08 bits per heavy atom. The number of Topliss-reactive ketones (excluding diaryl/α,β-unsaturated/α-hetero) is 4. The molecule has 0 unspecified atom stereocenters. The summed E-state index contributed by atoms with van der Waals surface area (Å²) in [5.41, 5.74) is 4.99. The minimum Gasteiger partial charge on any atom is -0.288 e. The molecular formula is C48H28N4O4S3. The van der Waals surface area contributed by atoms with Gasteiger partial charge in [-0.15, -0.1) is 34.0 Å². The van der Waals surface area contributed by atoms with Gasteiger partial charge in [-0.2, -0.15) is 21.0 Å². The average molecular weight is 821 g/mol. The number of ketones is 4. The second-order valence-electron chi connectivity index (χ2n) is 16.4. The lowest BCUT2D eigenvalue weighted by Crippen LogP contribution is -2.29. The summed E-state index contributed by atoms with van der Waals surface area (Å²) in [4.78, 5) is 57.5. The lowest BCUT2D eigenvalue weighted by Gasteiger charge is -2.37. The van der Waals surface area contributed by atoms with Gasteiger partial charge in [0.15, 0.2) is 23.1 Å². The standard InChI is InChI=1S/C48H28N4O4S3/c49-19-23-11-29-30(12-24(23)20-50)40(54)33(39(29)53)15-27-17-35-37(47(27)7-3-1-4-8-47)43-45(57-35)46-44(59-43)38-36(58-46)18-28(48(38)9-5-2-6-10-48)16-34-41(55)31-13-25(21-51)26(22-52)14-32(31)42(34)56/h11-18H,1-10H2. The molecule has 8 nitrogen and oxygen atoms in total. The van der Waals surface area contributed by atoms with Crippen LogP contribution in [0.15, 0.2) is 58.7 Å². The normalized spacial score (nSPS) is 19.3. The van der Waals surface area contributed by atoms with Crippen LogP contribution in [0.5, 0.6) is 0 Å². The number of carbonyl (C=O) groups excluding carboxylic acids is 4. The molecule has 0 aliphatic heterocycles. The molecule has 3 aromatic heterocycles. The first kappa shape index (κ1) is 35.8. The molecular weight excluding hydrogens is 793 g/mol. The summed E-state index contributed by atoms with van der Waals surface area (Å²) in [5, 5.41) is 38.4. The predicted octanol–water partition coefficient (Wildman–Crippen LogP) is 10.9. The van der Waals surface area contributed by atoms with Crippen molar-refractivity contribution in [2.75, 3.05) is 0 Å². The summed E-state index contributed by atoms with van der Waals surface area (Å²) in [6.45, 7) is 0. The minimum absolute atomic E-state index is 0.0801. The zero-order valence-corrected chi connectivity index (χ0v) is 33.8. The predicted molar refractivity (Wildman–Crippen MR) is 226 cm³/mol. The van der Waals surface area contributed by atoms with Gasteiger partial charge in [-0.05, 0) is 96.5 Å². The van der Waals surface area contributed by atoms with Gasteiger partial charge in [0.05, 0.1) is 52.2 Å². The summed E-state index contributed by atoms with van der Waals surface area (Å²) in [5.74, 6) is -1.65. The highest BCUT2D eigenvalue weighted by Crippen LogP contribution is 2.64. The molecule has 11 heteroatoms. The number of thiophene rings is 3. The van der Waals surface area contributed by atoms with Crippen molar-refractivity contribution in [3.63, 3.8) is 0 Å². The number of nitriles is 4. The summed E-state index contributed by atoms with van der Waals surface area (Å²) in [6.07, 6.45) is 17.9. The zero-order chi connectivity index (χ0) is 40.5. The van der Waals surface area contributed by atoms with Crippen LogP contribution in [0.25, 0.3) is 31.0 Å². The fourth-order valence-electron chi connectivity index (χ4n) is 10.8. The van der Waals surface area contributed by atoms with E-state index in [1.807, 2.05) is 35.6 Å². The fourth-order valence-corrected chi connectivity index (χ4v) is 15.7. The lowest BCUT2D eigenvalue weighted by molar-refractivity contribution is 0.0973. The SMILES string of the molecule is N#Cc1cc2c(cc1C#N)C(=O)C(=CC1=Cc3sc4c(sc5c6c(sc54)C=C(C=C4C(=O)c5cc(C#N)c(C#N)cc5C4=O)C64CCCCC4)c3C13CCCCC3)C2=O. The summed E-state index contributed by atoms with van der Waals surface area (Å²) in [6, 6.07) is 13.4. The molecule has 6 aliphatic rings. The topological polar surface area (TPSA) is 163 Å². The molecule has 0 N–H and O–H groups in total. The molecule has 282 valence electrons. The van der Waals surface area contributed by atoms with E-state index in [0.717, 1.165) is 85.1 Å². The number of nitrogens with zero attached hydrogens (tertiary/aromatic N) is 4. The van der Waals surface area contributed by atoms with Crippen LogP contribution >= 0.6 is 34.0 Å². The van der Waals surface area contributed by atoms with Gasteiger partial charge in [-0.3, -0.25) is 19.2 Å². The molecule has 0 bridgehead atoms. The molecule has 11 rings (SSSR count). The number of allylic oxidation sites excluding steroid dienone is 6. The Bertz CT molecular complexity index is 2920. The molecule has 2 saturated carbocycles. The fraction of sp³-hybridized carbons (Fsp3) is 0.250. The van der Waals surface area contributed by atoms with E-state index in [4.69, 9.17) is 0 Å². The molecule has 6 aliphatic carbocycles. The smallest absolute Gasteiger partial charge is 0.197 e. The van der Waals surface area contributed by atoms with Gasteiger partial charge in [-0.25, -0.2) is 0 Å². The maximum atomic E-state index is 13.8. The Kier molecular flexibility index (Phi) is 7.63. The molecule has 2 spiro atoms. The maximum Gasteiger partial charge on any atom is 0.197 e. The zero-order valence-electron chi connectivity index (χ0n) is 31.3. The van der Waals surface area contributed by atoms with Crippen molar-refractivity contribution < 1.29 is 19.2 Å². The second kappa shape index (κ2) is 12.6. The molecule has 0 amide bonds. The van der Waals surface area contributed by atoms with Crippen LogP contribution in [-0.2, 0) is 10.8 Å². The first-order valence-electron chi connectivity index (χ1n) is 19.7. The highest BCUT2D eigenvalue weighted by molar-refractivity contribution is 7.39. The van der Waals surface area contributed by atoms with Crippen LogP contribution in [0.3, 0.4) is 0 Å². The third-order valence-electron chi connectivity index (χ3n) is 13.6. The van der Waals surface area contributed by atoms with Crippen molar-refractivity contribution in [3.8, 4) is 24.3 Å². The average Bonchev–Trinajstić information content (AvgIpc) is 4.09. The van der Waals surface area contributed by atoms with Crippen molar-refractivity contribution in [1.29, 1.82) is 21.0 Å². The summed E-state index contributed by atoms with van der Waals surface area (Å²) < 4.78 is 5.02. The van der Waals surface area contributed by atoms with Gasteiger partial charge < -0.3 is 0 Å². The van der Waals surface area contributed by atoms with E-state index in [2.05, 4.69) is 12.2 Å². The van der Waals surface area contributed by atoms with Gasteiger partial charge in [-0.1, -0.05) is 38.5 Å². The van der Waals surface area contributed by atoms with Crippen LogP contribution in [0.2, 0.25) is 0 Å². The summed E-state index contributed by atoms with van der Waals surface area (Å²) >= 11 is 5.38. The second-order valence-corrected chi connectivity index (χ2v) is 19.5. The maximum absolute atomic E-state index is 13.8. The number of hydrogen-bond acceptors (Lipinski definition) is 11. The largest absolute Gasteiger partial charge is 0.288 e. The van der Waals surface area contributed by atoms with Crippen molar-refractivity contribution in [3.05, 3.63) is 124 Å². The highest BCUT2D eigenvalue weighted by atomic mass is 32.1. The van der Waals surface area contributed by atoms with Crippen LogP contribution in [-0.4, -0.2) is 23.1 Å². The molecule has 2 aromatic carbocycles. The van der Waals surface area contributed by atoms with E-state index in [0.29, 0.717) is 0 Å². The first-order valence-corrected chi connectivity index (χ1v) is 22.2. The molecule has 5 aromatic rings. The molecule has 2 fully saturated rings. The van der Waals surface area contributed by atoms with Gasteiger partial charge in [0.25, 0.3) is 0 Å². The van der Waals surface area contributed by atoms with Crippen LogP contribution < -0.4 is 0 Å². The Morgan fingerprint density at radius 2 is 0.780 bits per heavy atom. The van der Waals surface area contributed by atoms with Crippen molar-refractivity contribution in [1.82, 2.24) is 0 Å². The number of rotatable bonds is 2. The lowest BCUT2D eigenvalue weighted by atomic mass is 9.67. The van der Waals surface area contributed by atoms with Crippen molar-refractivity contribution in [2.24, 2.45) is 0 Å². The number of hydrogen-bond donors (Lipinski definition) is 0. The molecule has 0 radical (unpaired) electrons. The Morgan fingerprint density at radius 1 is 0.458 bits per heavy atom. The number of benzene rings is 2. The third-order valence-corrected chi connectivity index (χ3v) is 17.5. The van der Waals surface area contributed by atoms with Gasteiger partial charge in [0, 0.05) is 42.8 Å². The van der Waals surface area contributed by atoms with Crippen molar-refractivity contribution >= 4 is 88.1 Å². The minimum atomic E-state index is -0.412. The van der Waals surface area contributed by atoms with Crippen LogP contribution in [0.1, 0.15) is 149 Å². The molecule has 3 heterocycles. The quantitative estimate of drug-likeness (QED) is 0.125. The van der Waals surface area contributed by atoms with Gasteiger partial charge >= 0.3 is 0 Å². The summed E-state index contributed by atoms with van der Waals surface area (Å²) in [7, 11) is 0. The molecule has 59 heavy (non-hydrogen) atoms. The van der Waals surface area contributed by atoms with E-state index in [1.165, 1.54) is 54.2 Å². The van der Waals surface area contributed by atoms with Gasteiger partial charge in [0.2, 0.25) is 0 Å². The number of fused-ring (bicyclic) bond motifs is 11. The van der Waals surface area contributed by atoms with E-state index in [1.54, 1.807) is 34.8 Å².